The average Bonchev–Trinajstić information content (AvgIpc) is 2.73. The zero-order valence-corrected chi connectivity index (χ0v) is 14.1. The standard InChI is InChI=1S/C15H13BrN2O3S/c1-18-14-7-4-12(8-10(14)9-15(18)19)17-22(20,21)13-5-2-11(16)3-6-13/h2-8,17H,9H2,1H3. The van der Waals surface area contributed by atoms with Crippen molar-refractivity contribution in [2.75, 3.05) is 16.7 Å². The van der Waals surface area contributed by atoms with E-state index in [0.717, 1.165) is 15.7 Å². The Morgan fingerprint density at radius 2 is 1.82 bits per heavy atom. The molecule has 1 amide bonds. The van der Waals surface area contributed by atoms with Gasteiger partial charge in [-0.2, -0.15) is 0 Å². The number of nitrogens with one attached hydrogen (secondary N) is 1. The van der Waals surface area contributed by atoms with E-state index >= 15 is 0 Å². The lowest BCUT2D eigenvalue weighted by atomic mass is 10.1. The van der Waals surface area contributed by atoms with Crippen LogP contribution in [-0.2, 0) is 21.2 Å². The molecule has 1 heterocycles. The van der Waals surface area contributed by atoms with Gasteiger partial charge in [-0.25, -0.2) is 8.42 Å². The molecule has 5 nitrogen and oxygen atoms in total. The van der Waals surface area contributed by atoms with Gasteiger partial charge in [-0.1, -0.05) is 15.9 Å². The third-order valence-electron chi connectivity index (χ3n) is 3.53. The van der Waals surface area contributed by atoms with Gasteiger partial charge in [-0.05, 0) is 48.0 Å². The van der Waals surface area contributed by atoms with E-state index in [1.807, 2.05) is 0 Å². The minimum Gasteiger partial charge on any atom is -0.315 e. The number of carbonyl (C=O) groups is 1. The predicted molar refractivity (Wildman–Crippen MR) is 88.5 cm³/mol. The second-order valence-corrected chi connectivity index (χ2v) is 7.63. The molecule has 1 aliphatic heterocycles. The number of hydrogen-bond acceptors (Lipinski definition) is 3. The van der Waals surface area contributed by atoms with Crippen molar-refractivity contribution in [1.82, 2.24) is 0 Å². The molecule has 1 N–H and O–H groups in total. The first-order chi connectivity index (χ1) is 10.4. The number of carbonyl (C=O) groups excluding carboxylic acids is 1. The second-order valence-electron chi connectivity index (χ2n) is 5.03. The van der Waals surface area contributed by atoms with Gasteiger partial charge in [0.15, 0.2) is 0 Å². The maximum Gasteiger partial charge on any atom is 0.261 e. The van der Waals surface area contributed by atoms with Gasteiger partial charge >= 0.3 is 0 Å². The molecule has 2 aromatic rings. The fourth-order valence-electron chi connectivity index (χ4n) is 2.36. The molecule has 0 spiro atoms. The summed E-state index contributed by atoms with van der Waals surface area (Å²) in [5.74, 6) is 0.00270. The van der Waals surface area contributed by atoms with Crippen LogP contribution in [0.4, 0.5) is 11.4 Å². The number of fused-ring (bicyclic) bond motifs is 1. The third kappa shape index (κ3) is 2.74. The van der Waals surface area contributed by atoms with E-state index in [2.05, 4.69) is 20.7 Å². The topological polar surface area (TPSA) is 66.5 Å². The van der Waals surface area contributed by atoms with Crippen LogP contribution in [0, 0.1) is 0 Å². The van der Waals surface area contributed by atoms with Crippen LogP contribution in [0.25, 0.3) is 0 Å². The molecule has 0 aromatic heterocycles. The summed E-state index contributed by atoms with van der Waals surface area (Å²) < 4.78 is 28.0. The Morgan fingerprint density at radius 1 is 1.14 bits per heavy atom. The van der Waals surface area contributed by atoms with Crippen molar-refractivity contribution < 1.29 is 13.2 Å². The number of nitrogens with zero attached hydrogens (tertiary/aromatic N) is 1. The zero-order valence-electron chi connectivity index (χ0n) is 11.7. The number of amides is 1. The zero-order chi connectivity index (χ0) is 15.9. The van der Waals surface area contributed by atoms with Crippen LogP contribution < -0.4 is 9.62 Å². The van der Waals surface area contributed by atoms with E-state index in [1.165, 1.54) is 12.1 Å². The van der Waals surface area contributed by atoms with E-state index in [0.29, 0.717) is 12.1 Å². The van der Waals surface area contributed by atoms with Crippen molar-refractivity contribution >= 4 is 43.2 Å². The summed E-state index contributed by atoms with van der Waals surface area (Å²) >= 11 is 3.27. The first-order valence-electron chi connectivity index (χ1n) is 6.55. The Morgan fingerprint density at radius 3 is 2.50 bits per heavy atom. The van der Waals surface area contributed by atoms with Crippen molar-refractivity contribution in [3.8, 4) is 0 Å². The normalized spacial score (nSPS) is 14.1. The van der Waals surface area contributed by atoms with E-state index in [4.69, 9.17) is 0 Å². The van der Waals surface area contributed by atoms with Crippen LogP contribution >= 0.6 is 15.9 Å². The fraction of sp³-hybridized carbons (Fsp3) is 0.133. The first kappa shape index (κ1) is 15.1. The molecule has 7 heteroatoms. The summed E-state index contributed by atoms with van der Waals surface area (Å²) in [4.78, 5) is 13.4. The largest absolute Gasteiger partial charge is 0.315 e. The molecule has 0 unspecified atom stereocenters. The van der Waals surface area contributed by atoms with Crippen LogP contribution in [0.15, 0.2) is 51.8 Å². The molecule has 0 aliphatic carbocycles. The molecule has 1 aliphatic rings. The predicted octanol–water partition coefficient (Wildman–Crippen LogP) is 2.77. The van der Waals surface area contributed by atoms with Crippen molar-refractivity contribution in [1.29, 1.82) is 0 Å². The Hall–Kier alpha value is -1.86. The van der Waals surface area contributed by atoms with Gasteiger partial charge in [0, 0.05) is 22.9 Å². The Balaban J connectivity index is 1.89. The number of likely N-dealkylation sites (N-methyl/N-ethyl adjacent to an activating group) is 1. The van der Waals surface area contributed by atoms with Gasteiger partial charge in [-0.15, -0.1) is 0 Å². The number of benzene rings is 2. The summed E-state index contributed by atoms with van der Waals surface area (Å²) in [5.41, 5.74) is 2.09. The van der Waals surface area contributed by atoms with Gasteiger partial charge in [0.05, 0.1) is 11.3 Å². The summed E-state index contributed by atoms with van der Waals surface area (Å²) in [6.45, 7) is 0. The summed E-state index contributed by atoms with van der Waals surface area (Å²) in [6, 6.07) is 11.5. The highest BCUT2D eigenvalue weighted by atomic mass is 79.9. The Bertz CT molecular complexity index is 848. The highest BCUT2D eigenvalue weighted by molar-refractivity contribution is 9.10. The molecule has 3 rings (SSSR count). The molecule has 0 saturated heterocycles. The number of halogens is 1. The van der Waals surface area contributed by atoms with Crippen molar-refractivity contribution in [2.24, 2.45) is 0 Å². The summed E-state index contributed by atoms with van der Waals surface area (Å²) in [5, 5.41) is 0. The molecule has 2 aromatic carbocycles. The fourth-order valence-corrected chi connectivity index (χ4v) is 3.68. The second kappa shape index (κ2) is 5.40. The number of rotatable bonds is 3. The van der Waals surface area contributed by atoms with Crippen LogP contribution in [0.2, 0.25) is 0 Å². The molecule has 0 atom stereocenters. The lowest BCUT2D eigenvalue weighted by Gasteiger charge is -2.12. The molecule has 0 bridgehead atoms. The Labute approximate surface area is 137 Å². The molecule has 114 valence electrons. The van der Waals surface area contributed by atoms with Gasteiger partial charge in [0.1, 0.15) is 0 Å². The van der Waals surface area contributed by atoms with Crippen molar-refractivity contribution in [3.05, 3.63) is 52.5 Å². The van der Waals surface area contributed by atoms with Crippen LogP contribution in [0.1, 0.15) is 5.56 Å². The lowest BCUT2D eigenvalue weighted by molar-refractivity contribution is -0.117. The van der Waals surface area contributed by atoms with Crippen molar-refractivity contribution in [3.63, 3.8) is 0 Å². The van der Waals surface area contributed by atoms with Crippen molar-refractivity contribution in [2.45, 2.75) is 11.3 Å². The van der Waals surface area contributed by atoms with Gasteiger partial charge < -0.3 is 4.90 Å². The van der Waals surface area contributed by atoms with Gasteiger partial charge in [0.25, 0.3) is 10.0 Å². The summed E-state index contributed by atoms with van der Waals surface area (Å²) in [6.07, 6.45) is 0.291. The smallest absolute Gasteiger partial charge is 0.261 e. The number of anilines is 2. The first-order valence-corrected chi connectivity index (χ1v) is 8.82. The maximum absolute atomic E-state index is 12.3. The van der Waals surface area contributed by atoms with Crippen LogP contribution in [0.5, 0.6) is 0 Å². The van der Waals surface area contributed by atoms with E-state index < -0.39 is 10.0 Å². The lowest BCUT2D eigenvalue weighted by Crippen LogP contribution is -2.20. The minimum atomic E-state index is -3.64. The molecular formula is C15H13BrN2O3S. The molecule has 22 heavy (non-hydrogen) atoms. The third-order valence-corrected chi connectivity index (χ3v) is 5.46. The van der Waals surface area contributed by atoms with Crippen LogP contribution in [0.3, 0.4) is 0 Å². The maximum atomic E-state index is 12.3. The number of hydrogen-bond donors (Lipinski definition) is 1. The van der Waals surface area contributed by atoms with E-state index in [9.17, 15) is 13.2 Å². The Kier molecular flexibility index (Phi) is 3.70. The molecular weight excluding hydrogens is 368 g/mol. The molecule has 0 radical (unpaired) electrons. The van der Waals surface area contributed by atoms with E-state index in [-0.39, 0.29) is 10.8 Å². The summed E-state index contributed by atoms with van der Waals surface area (Å²) in [7, 11) is -1.94. The van der Waals surface area contributed by atoms with Gasteiger partial charge in [0.2, 0.25) is 5.91 Å². The highest BCUT2D eigenvalue weighted by Gasteiger charge is 2.24. The minimum absolute atomic E-state index is 0.00270. The highest BCUT2D eigenvalue weighted by Crippen LogP contribution is 2.30. The monoisotopic (exact) mass is 380 g/mol. The quantitative estimate of drug-likeness (QED) is 0.889. The molecule has 0 saturated carbocycles. The van der Waals surface area contributed by atoms with Crippen LogP contribution in [-0.4, -0.2) is 21.4 Å². The number of sulfonamides is 1. The van der Waals surface area contributed by atoms with E-state index in [1.54, 1.807) is 42.3 Å². The average molecular weight is 381 g/mol. The van der Waals surface area contributed by atoms with Gasteiger partial charge in [-0.3, -0.25) is 9.52 Å². The molecule has 0 fully saturated rings. The SMILES string of the molecule is CN1C(=O)Cc2cc(NS(=O)(=O)c3ccc(Br)cc3)ccc21.